The highest BCUT2D eigenvalue weighted by Gasteiger charge is 2.20. The number of ether oxygens (including phenoxy) is 2. The van der Waals surface area contributed by atoms with E-state index in [0.717, 1.165) is 25.9 Å². The van der Waals surface area contributed by atoms with E-state index < -0.39 is 0 Å². The van der Waals surface area contributed by atoms with Crippen molar-refractivity contribution in [3.63, 3.8) is 0 Å². The first-order valence-corrected chi connectivity index (χ1v) is 5.65. The van der Waals surface area contributed by atoms with Crippen molar-refractivity contribution >= 4 is 5.97 Å². The summed E-state index contributed by atoms with van der Waals surface area (Å²) in [5.41, 5.74) is -0.344. The van der Waals surface area contributed by atoms with Gasteiger partial charge in [0.05, 0.1) is 6.10 Å². The van der Waals surface area contributed by atoms with Crippen molar-refractivity contribution in [3.05, 3.63) is 0 Å². The van der Waals surface area contributed by atoms with Crippen LogP contribution < -0.4 is 0 Å². The first-order chi connectivity index (χ1) is 6.83. The first kappa shape index (κ1) is 14.4. The molecule has 0 saturated heterocycles. The Labute approximate surface area is 93.1 Å². The van der Waals surface area contributed by atoms with Gasteiger partial charge in [0.15, 0.2) is 0 Å². The van der Waals surface area contributed by atoms with Gasteiger partial charge in [-0.05, 0) is 47.0 Å². The van der Waals surface area contributed by atoms with E-state index in [2.05, 4.69) is 0 Å². The highest BCUT2D eigenvalue weighted by atomic mass is 16.6. The molecule has 0 aromatic heterocycles. The molecule has 0 amide bonds. The summed E-state index contributed by atoms with van der Waals surface area (Å²) in [7, 11) is 0. The van der Waals surface area contributed by atoms with Crippen LogP contribution in [0.4, 0.5) is 0 Å². The van der Waals surface area contributed by atoms with Crippen molar-refractivity contribution in [2.45, 2.75) is 65.6 Å². The lowest BCUT2D eigenvalue weighted by Gasteiger charge is -2.24. The summed E-state index contributed by atoms with van der Waals surface area (Å²) in [4.78, 5) is 10.8. The smallest absolute Gasteiger partial charge is 0.303 e. The van der Waals surface area contributed by atoms with Crippen molar-refractivity contribution in [2.75, 3.05) is 6.61 Å². The molecule has 0 fully saturated rings. The van der Waals surface area contributed by atoms with Crippen LogP contribution in [0.15, 0.2) is 0 Å². The molecule has 0 spiro atoms. The van der Waals surface area contributed by atoms with Crippen LogP contribution in [0.5, 0.6) is 0 Å². The number of hydrogen-bond donors (Lipinski definition) is 0. The lowest BCUT2D eigenvalue weighted by Crippen LogP contribution is -2.26. The van der Waals surface area contributed by atoms with Gasteiger partial charge in [-0.25, -0.2) is 0 Å². The minimum Gasteiger partial charge on any atom is -0.460 e. The third-order valence-corrected chi connectivity index (χ3v) is 2.04. The maximum absolute atomic E-state index is 10.8. The van der Waals surface area contributed by atoms with Crippen LogP contribution >= 0.6 is 0 Å². The van der Waals surface area contributed by atoms with Crippen LogP contribution in [0, 0.1) is 0 Å². The number of rotatable bonds is 7. The molecule has 0 aliphatic rings. The summed E-state index contributed by atoms with van der Waals surface area (Å²) < 4.78 is 10.6. The van der Waals surface area contributed by atoms with Crippen LogP contribution in [0.3, 0.4) is 0 Å². The van der Waals surface area contributed by atoms with Crippen molar-refractivity contribution in [3.8, 4) is 0 Å². The summed E-state index contributed by atoms with van der Waals surface area (Å²) >= 11 is 0. The third kappa shape index (κ3) is 9.73. The van der Waals surface area contributed by atoms with Crippen molar-refractivity contribution in [2.24, 2.45) is 0 Å². The van der Waals surface area contributed by atoms with Crippen molar-refractivity contribution < 1.29 is 14.3 Å². The summed E-state index contributed by atoms with van der Waals surface area (Å²) in [6, 6.07) is 0. The molecule has 0 atom stereocenters. The predicted molar refractivity (Wildman–Crippen MR) is 60.8 cm³/mol. The molecule has 0 aromatic rings. The van der Waals surface area contributed by atoms with E-state index in [1.165, 1.54) is 6.92 Å². The average molecular weight is 216 g/mol. The van der Waals surface area contributed by atoms with E-state index in [9.17, 15) is 4.79 Å². The largest absolute Gasteiger partial charge is 0.460 e. The van der Waals surface area contributed by atoms with E-state index in [4.69, 9.17) is 9.47 Å². The molecule has 0 radical (unpaired) electrons. The molecule has 0 bridgehead atoms. The topological polar surface area (TPSA) is 35.5 Å². The summed E-state index contributed by atoms with van der Waals surface area (Å²) in [6.07, 6.45) is 3.22. The molecule has 0 aliphatic heterocycles. The second kappa shape index (κ2) is 6.83. The lowest BCUT2D eigenvalue weighted by atomic mass is 10.0. The number of unbranched alkanes of at least 4 members (excludes halogenated alkanes) is 1. The van der Waals surface area contributed by atoms with E-state index in [1.807, 2.05) is 27.7 Å². The number of carbonyl (C=O) groups is 1. The van der Waals surface area contributed by atoms with Gasteiger partial charge in [-0.2, -0.15) is 0 Å². The Morgan fingerprint density at radius 2 is 1.87 bits per heavy atom. The van der Waals surface area contributed by atoms with Gasteiger partial charge in [0, 0.05) is 13.5 Å². The molecular formula is C12H24O3. The lowest BCUT2D eigenvalue weighted by molar-refractivity contribution is -0.154. The average Bonchev–Trinajstić information content (AvgIpc) is 1.99. The van der Waals surface area contributed by atoms with Crippen molar-refractivity contribution in [1.29, 1.82) is 0 Å². The maximum Gasteiger partial charge on any atom is 0.303 e. The number of carbonyl (C=O) groups excluding carboxylic acids is 1. The predicted octanol–water partition coefficient (Wildman–Crippen LogP) is 2.92. The number of hydrogen-bond acceptors (Lipinski definition) is 3. The normalized spacial score (nSPS) is 11.9. The first-order valence-electron chi connectivity index (χ1n) is 5.65. The molecule has 0 N–H and O–H groups in total. The molecule has 0 heterocycles. The van der Waals surface area contributed by atoms with Crippen LogP contribution in [-0.2, 0) is 14.3 Å². The van der Waals surface area contributed by atoms with Gasteiger partial charge in [-0.3, -0.25) is 4.79 Å². The zero-order chi connectivity index (χ0) is 11.9. The van der Waals surface area contributed by atoms with Gasteiger partial charge in [-0.1, -0.05) is 0 Å². The molecule has 0 rings (SSSR count). The van der Waals surface area contributed by atoms with Gasteiger partial charge in [-0.15, -0.1) is 0 Å². The van der Waals surface area contributed by atoms with Crippen LogP contribution in [-0.4, -0.2) is 24.3 Å². The van der Waals surface area contributed by atoms with Crippen molar-refractivity contribution in [1.82, 2.24) is 0 Å². The summed E-state index contributed by atoms with van der Waals surface area (Å²) in [5, 5.41) is 0. The van der Waals surface area contributed by atoms with Crippen LogP contribution in [0.25, 0.3) is 0 Å². The van der Waals surface area contributed by atoms with E-state index >= 15 is 0 Å². The third-order valence-electron chi connectivity index (χ3n) is 2.04. The Hall–Kier alpha value is -0.570. The second-order valence-electron chi connectivity index (χ2n) is 4.73. The minimum absolute atomic E-state index is 0.210. The summed E-state index contributed by atoms with van der Waals surface area (Å²) in [6.45, 7) is 10.2. The molecule has 0 unspecified atom stereocenters. The monoisotopic (exact) mass is 216 g/mol. The summed E-state index contributed by atoms with van der Waals surface area (Å²) in [5.74, 6) is -0.210. The maximum atomic E-state index is 10.8. The zero-order valence-electron chi connectivity index (χ0n) is 10.6. The Kier molecular flexibility index (Phi) is 6.57. The van der Waals surface area contributed by atoms with E-state index in [1.54, 1.807) is 0 Å². The second-order valence-corrected chi connectivity index (χ2v) is 4.73. The highest BCUT2D eigenvalue weighted by molar-refractivity contribution is 5.66. The minimum atomic E-state index is -0.344. The molecule has 15 heavy (non-hydrogen) atoms. The Morgan fingerprint density at radius 1 is 1.27 bits per heavy atom. The van der Waals surface area contributed by atoms with E-state index in [-0.39, 0.29) is 11.6 Å². The highest BCUT2D eigenvalue weighted by Crippen LogP contribution is 2.18. The number of esters is 1. The molecule has 90 valence electrons. The Bertz CT molecular complexity index is 185. The molecule has 3 heteroatoms. The van der Waals surface area contributed by atoms with Gasteiger partial charge >= 0.3 is 5.97 Å². The Balaban J connectivity index is 3.53. The van der Waals surface area contributed by atoms with Gasteiger partial charge < -0.3 is 9.47 Å². The molecule has 0 aromatic carbocycles. The van der Waals surface area contributed by atoms with Gasteiger partial charge in [0.2, 0.25) is 0 Å². The van der Waals surface area contributed by atoms with Gasteiger partial charge in [0.1, 0.15) is 5.60 Å². The fraction of sp³-hybridized carbons (Fsp3) is 0.917. The van der Waals surface area contributed by atoms with Crippen LogP contribution in [0.1, 0.15) is 53.9 Å². The van der Waals surface area contributed by atoms with Gasteiger partial charge in [0.25, 0.3) is 0 Å². The molecule has 3 nitrogen and oxygen atoms in total. The fourth-order valence-corrected chi connectivity index (χ4v) is 1.41. The van der Waals surface area contributed by atoms with E-state index in [0.29, 0.717) is 6.10 Å². The zero-order valence-corrected chi connectivity index (χ0v) is 10.6. The SMILES string of the molecule is CC(=O)OC(C)(C)CCCCOC(C)C. The quantitative estimate of drug-likeness (QED) is 0.485. The molecule has 0 saturated carbocycles. The fourth-order valence-electron chi connectivity index (χ4n) is 1.41. The Morgan fingerprint density at radius 3 is 2.33 bits per heavy atom. The standard InChI is InChI=1S/C12H24O3/c1-10(2)14-9-7-6-8-12(4,5)15-11(3)13/h10H,6-9H2,1-5H3. The molecular weight excluding hydrogens is 192 g/mol. The van der Waals surface area contributed by atoms with Crippen LogP contribution in [0.2, 0.25) is 0 Å². The molecule has 0 aliphatic carbocycles.